The van der Waals surface area contributed by atoms with E-state index < -0.39 is 17.7 Å². The van der Waals surface area contributed by atoms with Gasteiger partial charge in [-0.25, -0.2) is 0 Å². The van der Waals surface area contributed by atoms with E-state index in [1.165, 1.54) is 12.1 Å². The first kappa shape index (κ1) is 12.6. The lowest BCUT2D eigenvalue weighted by Gasteiger charge is -2.43. The fourth-order valence-electron chi connectivity index (χ4n) is 1.64. The van der Waals surface area contributed by atoms with E-state index in [2.05, 4.69) is 11.8 Å². The molecule has 0 atom stereocenters. The second kappa shape index (κ2) is 4.10. The van der Waals surface area contributed by atoms with Crippen LogP contribution in [0.15, 0.2) is 42.5 Å². The largest absolute Gasteiger partial charge is 0.828 e. The minimum Gasteiger partial charge on any atom is -0.828 e. The highest BCUT2D eigenvalue weighted by atomic mass is 32.5. The van der Waals surface area contributed by atoms with Gasteiger partial charge in [0.15, 0.2) is 0 Å². The quantitative estimate of drug-likeness (QED) is 0.785. The van der Waals surface area contributed by atoms with Crippen LogP contribution in [0.4, 0.5) is 8.78 Å². The first-order chi connectivity index (χ1) is 7.84. The van der Waals surface area contributed by atoms with Gasteiger partial charge in [0.1, 0.15) is 0 Å². The molecule has 90 valence electrons. The van der Waals surface area contributed by atoms with Gasteiger partial charge in [0.25, 0.3) is 5.66 Å². The molecule has 2 aromatic rings. The van der Waals surface area contributed by atoms with E-state index >= 15 is 0 Å². The lowest BCUT2D eigenvalue weighted by molar-refractivity contribution is -0.315. The van der Waals surface area contributed by atoms with Gasteiger partial charge in [-0.15, -0.1) is 18.3 Å². The number of hydrogen-bond donors (Lipinski definition) is 0. The third-order valence-electron chi connectivity index (χ3n) is 2.46. The summed E-state index contributed by atoms with van der Waals surface area (Å²) in [6.07, 6.45) is 0. The van der Waals surface area contributed by atoms with Crippen molar-refractivity contribution in [3.8, 4) is 0 Å². The van der Waals surface area contributed by atoms with Crippen molar-refractivity contribution in [1.82, 2.24) is 0 Å². The van der Waals surface area contributed by atoms with Crippen molar-refractivity contribution in [3.63, 3.8) is 0 Å². The fourth-order valence-corrected chi connectivity index (χ4v) is 2.42. The van der Waals surface area contributed by atoms with Gasteiger partial charge in [-0.3, -0.25) is 0 Å². The van der Waals surface area contributed by atoms with Crippen LogP contribution in [0.5, 0.6) is 0 Å². The Bertz CT molecular complexity index is 604. The van der Waals surface area contributed by atoms with Gasteiger partial charge in [-0.1, -0.05) is 42.5 Å². The molecule has 0 saturated carbocycles. The molecule has 2 nitrogen and oxygen atoms in total. The monoisotopic (exact) mass is 272 g/mol. The van der Waals surface area contributed by atoms with Gasteiger partial charge in [-0.05, 0) is 10.8 Å². The molecular formula is C11H7F2O2PS-2. The molecule has 0 bridgehead atoms. The van der Waals surface area contributed by atoms with Gasteiger partial charge in [0, 0.05) is 5.56 Å². The van der Waals surface area contributed by atoms with E-state index in [-0.39, 0.29) is 5.39 Å². The van der Waals surface area contributed by atoms with E-state index in [0.717, 1.165) is 6.07 Å². The van der Waals surface area contributed by atoms with E-state index in [1.807, 2.05) is 0 Å². The van der Waals surface area contributed by atoms with E-state index in [0.29, 0.717) is 5.39 Å². The predicted molar refractivity (Wildman–Crippen MR) is 62.1 cm³/mol. The summed E-state index contributed by atoms with van der Waals surface area (Å²) in [6, 6.07) is 10.4. The zero-order valence-corrected chi connectivity index (χ0v) is 10.2. The van der Waals surface area contributed by atoms with E-state index in [4.69, 9.17) is 0 Å². The van der Waals surface area contributed by atoms with Crippen LogP contribution in [0, 0.1) is 0 Å². The predicted octanol–water partition coefficient (Wildman–Crippen LogP) is 1.92. The number of halogens is 2. The molecular weight excluding hydrogens is 265 g/mol. The summed E-state index contributed by atoms with van der Waals surface area (Å²) < 4.78 is 27.4. The fraction of sp³-hybridized carbons (Fsp3) is 0.0909. The molecule has 0 amide bonds. The van der Waals surface area contributed by atoms with E-state index in [1.54, 1.807) is 24.3 Å². The average Bonchev–Trinajstić information content (AvgIpc) is 2.26. The number of alkyl halides is 2. The molecule has 0 unspecified atom stereocenters. The van der Waals surface area contributed by atoms with Crippen molar-refractivity contribution >= 4 is 29.1 Å². The molecule has 0 aliphatic rings. The smallest absolute Gasteiger partial charge is 0.272 e. The maximum atomic E-state index is 13.7. The van der Waals surface area contributed by atoms with Crippen molar-refractivity contribution in [2.24, 2.45) is 0 Å². The third-order valence-corrected chi connectivity index (χ3v) is 4.07. The minimum absolute atomic E-state index is 0.195. The molecule has 0 aliphatic carbocycles. The SMILES string of the molecule is [O-]P([O-])(=S)C(F)(F)c1cccc2ccccc12. The molecule has 0 spiro atoms. The van der Waals surface area contributed by atoms with Crippen LogP contribution >= 0.6 is 6.49 Å². The van der Waals surface area contributed by atoms with Gasteiger partial charge in [-0.2, -0.15) is 8.78 Å². The summed E-state index contributed by atoms with van der Waals surface area (Å²) in [6.45, 7) is -5.19. The van der Waals surface area contributed by atoms with Gasteiger partial charge < -0.3 is 9.79 Å². The number of fused-ring (bicyclic) bond motifs is 1. The van der Waals surface area contributed by atoms with Crippen molar-refractivity contribution in [3.05, 3.63) is 48.0 Å². The molecule has 0 aliphatic heterocycles. The van der Waals surface area contributed by atoms with Gasteiger partial charge in [0.05, 0.1) is 0 Å². The Balaban J connectivity index is 2.76. The Morgan fingerprint density at radius 3 is 2.24 bits per heavy atom. The molecule has 0 saturated heterocycles. The molecule has 0 heterocycles. The summed E-state index contributed by atoms with van der Waals surface area (Å²) in [4.78, 5) is 22.0. The zero-order valence-electron chi connectivity index (χ0n) is 8.47. The number of hydrogen-bond acceptors (Lipinski definition) is 3. The summed E-state index contributed by atoms with van der Waals surface area (Å²) in [5, 5.41) is 0.744. The van der Waals surface area contributed by atoms with Crippen molar-refractivity contribution in [1.29, 1.82) is 0 Å². The van der Waals surface area contributed by atoms with Crippen LogP contribution in [0.25, 0.3) is 10.8 Å². The Labute approximate surface area is 102 Å². The normalized spacial score (nSPS) is 12.9. The first-order valence-electron chi connectivity index (χ1n) is 4.72. The Morgan fingerprint density at radius 1 is 1.00 bits per heavy atom. The molecule has 0 aromatic heterocycles. The highest BCUT2D eigenvalue weighted by Crippen LogP contribution is 2.54. The van der Waals surface area contributed by atoms with Crippen LogP contribution in [-0.4, -0.2) is 0 Å². The topological polar surface area (TPSA) is 46.1 Å². The molecule has 0 N–H and O–H groups in total. The lowest BCUT2D eigenvalue weighted by atomic mass is 10.1. The summed E-state index contributed by atoms with van der Waals surface area (Å²) in [7, 11) is 0. The van der Waals surface area contributed by atoms with E-state index in [9.17, 15) is 18.6 Å². The molecule has 2 aromatic carbocycles. The number of benzene rings is 2. The zero-order chi connectivity index (χ0) is 12.7. The summed E-state index contributed by atoms with van der Waals surface area (Å²) >= 11 is 3.92. The van der Waals surface area contributed by atoms with Crippen molar-refractivity contribution in [2.45, 2.75) is 5.66 Å². The Kier molecular flexibility index (Phi) is 3.04. The molecule has 0 fully saturated rings. The molecule has 2 rings (SSSR count). The first-order valence-corrected chi connectivity index (χ1v) is 7.36. The average molecular weight is 272 g/mol. The standard InChI is InChI=1S/C11H9F2O2PS/c12-11(13,16(14,15)17)10-7-3-5-8-4-1-2-6-9(8)10/h1-7H,(H2,14,15,17)/p-2. The third kappa shape index (κ3) is 2.11. The lowest BCUT2D eigenvalue weighted by Crippen LogP contribution is -2.29. The van der Waals surface area contributed by atoms with Crippen LogP contribution in [0.1, 0.15) is 5.56 Å². The van der Waals surface area contributed by atoms with Crippen LogP contribution in [-0.2, 0) is 17.5 Å². The maximum absolute atomic E-state index is 13.7. The van der Waals surface area contributed by atoms with Gasteiger partial charge >= 0.3 is 0 Å². The molecule has 6 heteroatoms. The van der Waals surface area contributed by atoms with Gasteiger partial charge in [0.2, 0.25) is 0 Å². The van der Waals surface area contributed by atoms with Crippen LogP contribution in [0.3, 0.4) is 0 Å². The minimum atomic E-state index is -5.19. The molecule has 0 radical (unpaired) electrons. The van der Waals surface area contributed by atoms with Crippen LogP contribution in [0.2, 0.25) is 0 Å². The number of rotatable bonds is 2. The second-order valence-electron chi connectivity index (χ2n) is 3.57. The maximum Gasteiger partial charge on any atom is 0.272 e. The second-order valence-corrected chi connectivity index (χ2v) is 6.56. The van der Waals surface area contributed by atoms with Crippen molar-refractivity contribution < 1.29 is 18.6 Å². The van der Waals surface area contributed by atoms with Crippen LogP contribution < -0.4 is 9.79 Å². The molecule has 17 heavy (non-hydrogen) atoms. The highest BCUT2D eigenvalue weighted by Gasteiger charge is 2.33. The Hall–Kier alpha value is -0.870. The Morgan fingerprint density at radius 2 is 1.59 bits per heavy atom. The van der Waals surface area contributed by atoms with Crippen molar-refractivity contribution in [2.75, 3.05) is 0 Å². The summed E-state index contributed by atoms with van der Waals surface area (Å²) in [5.74, 6) is 0. The highest BCUT2D eigenvalue weighted by molar-refractivity contribution is 8.07. The summed E-state index contributed by atoms with van der Waals surface area (Å²) in [5.41, 5.74) is -4.59.